The third-order valence-corrected chi connectivity index (χ3v) is 7.40. The number of anilines is 3. The van der Waals surface area contributed by atoms with Gasteiger partial charge in [0, 0.05) is 44.6 Å². The Kier molecular flexibility index (Phi) is 8.64. The maximum atomic E-state index is 13.7. The first kappa shape index (κ1) is 30.0. The second-order valence-corrected chi connectivity index (χ2v) is 10.4. The van der Waals surface area contributed by atoms with Gasteiger partial charge in [0.1, 0.15) is 12.1 Å². The minimum Gasteiger partial charge on any atom is -0.438 e. The van der Waals surface area contributed by atoms with Crippen LogP contribution < -0.4 is 20.3 Å². The smallest absolute Gasteiger partial charge is 0.416 e. The predicted molar refractivity (Wildman–Crippen MR) is 158 cm³/mol. The van der Waals surface area contributed by atoms with E-state index in [4.69, 9.17) is 16.3 Å². The van der Waals surface area contributed by atoms with E-state index in [0.717, 1.165) is 31.6 Å². The Hall–Kier alpha value is -4.49. The summed E-state index contributed by atoms with van der Waals surface area (Å²) in [7, 11) is 5.43. The summed E-state index contributed by atoms with van der Waals surface area (Å²) in [6.07, 6.45) is -0.925. The molecular formula is C29H28ClF3N8O2. The van der Waals surface area contributed by atoms with Crippen LogP contribution in [-0.4, -0.2) is 71.0 Å². The lowest BCUT2D eigenvalue weighted by molar-refractivity contribution is -0.137. The Labute approximate surface area is 250 Å². The second kappa shape index (κ2) is 12.4. The quantitative estimate of drug-likeness (QED) is 0.254. The van der Waals surface area contributed by atoms with Crippen molar-refractivity contribution in [3.05, 3.63) is 77.2 Å². The fourth-order valence-corrected chi connectivity index (χ4v) is 4.94. The minimum atomic E-state index is -4.63. The Morgan fingerprint density at radius 2 is 1.95 bits per heavy atom. The first-order chi connectivity index (χ1) is 20.5. The molecule has 2 aromatic heterocycles. The Bertz CT molecular complexity index is 1640. The topological polar surface area (TPSA) is 108 Å². The largest absolute Gasteiger partial charge is 0.438 e. The van der Waals surface area contributed by atoms with Crippen molar-refractivity contribution in [3.63, 3.8) is 0 Å². The number of hydrogen-bond donors (Lipinski definition) is 2. The van der Waals surface area contributed by atoms with Gasteiger partial charge < -0.3 is 25.2 Å². The van der Waals surface area contributed by atoms with Crippen LogP contribution in [0.1, 0.15) is 22.3 Å². The third-order valence-electron chi connectivity index (χ3n) is 7.07. The van der Waals surface area contributed by atoms with Crippen LogP contribution in [0.2, 0.25) is 5.02 Å². The first-order valence-electron chi connectivity index (χ1n) is 13.3. The number of benzene rings is 2. The van der Waals surface area contributed by atoms with Crippen molar-refractivity contribution in [1.82, 2.24) is 24.8 Å². The summed E-state index contributed by atoms with van der Waals surface area (Å²) in [5.41, 5.74) is -0.0480. The maximum Gasteiger partial charge on any atom is 0.416 e. The molecule has 1 amide bonds. The molecule has 1 aliphatic rings. The predicted octanol–water partition coefficient (Wildman–Crippen LogP) is 5.83. The number of carbonyl (C=O) groups excluding carboxylic acids is 1. The summed E-state index contributed by atoms with van der Waals surface area (Å²) < 4.78 is 47.0. The monoisotopic (exact) mass is 612 g/mol. The zero-order chi connectivity index (χ0) is 30.7. The van der Waals surface area contributed by atoms with Crippen molar-refractivity contribution in [2.24, 2.45) is 0 Å². The van der Waals surface area contributed by atoms with Crippen LogP contribution in [0.4, 0.5) is 30.5 Å². The van der Waals surface area contributed by atoms with Gasteiger partial charge in [-0.2, -0.15) is 18.2 Å². The molecule has 1 fully saturated rings. The Morgan fingerprint density at radius 1 is 1.14 bits per heavy atom. The van der Waals surface area contributed by atoms with Crippen LogP contribution in [0, 0.1) is 0 Å². The van der Waals surface area contributed by atoms with E-state index in [9.17, 15) is 18.0 Å². The number of nitrogens with one attached hydrogen (secondary N) is 2. The van der Waals surface area contributed by atoms with Gasteiger partial charge in [0.05, 0.1) is 27.4 Å². The molecule has 0 bridgehead atoms. The molecule has 0 aliphatic carbocycles. The maximum absolute atomic E-state index is 13.7. The van der Waals surface area contributed by atoms with Crippen LogP contribution in [-0.2, 0) is 6.18 Å². The highest BCUT2D eigenvalue weighted by atomic mass is 35.5. The second-order valence-electron chi connectivity index (χ2n) is 9.98. The SMILES string of the molecule is CNc1ncnc(-c2cccnc2Oc2ccc(Cl)c(NC(=O)c3cc(C(F)(F)F)ccc3N(C)[C@@H]3CCN(C)C3)c2)n1. The number of alkyl halides is 3. The highest BCUT2D eigenvalue weighted by molar-refractivity contribution is 6.34. The van der Waals surface area contributed by atoms with Crippen LogP contribution in [0.3, 0.4) is 0 Å². The molecule has 1 aliphatic heterocycles. The zero-order valence-corrected chi connectivity index (χ0v) is 24.2. The molecule has 2 aromatic carbocycles. The molecule has 43 heavy (non-hydrogen) atoms. The highest BCUT2D eigenvalue weighted by Crippen LogP contribution is 2.36. The molecule has 1 saturated heterocycles. The summed E-state index contributed by atoms with van der Waals surface area (Å²) in [5.74, 6) is 0.369. The number of pyridine rings is 1. The van der Waals surface area contributed by atoms with E-state index in [-0.39, 0.29) is 33.9 Å². The Morgan fingerprint density at radius 3 is 2.67 bits per heavy atom. The number of likely N-dealkylation sites (N-methyl/N-ethyl adjacent to an activating group) is 2. The van der Waals surface area contributed by atoms with Gasteiger partial charge in [-0.25, -0.2) is 15.0 Å². The van der Waals surface area contributed by atoms with Crippen molar-refractivity contribution >= 4 is 34.8 Å². The number of hydrogen-bond acceptors (Lipinski definition) is 9. The van der Waals surface area contributed by atoms with E-state index in [0.29, 0.717) is 23.0 Å². The average molecular weight is 613 g/mol. The lowest BCUT2D eigenvalue weighted by Crippen LogP contribution is -2.35. The van der Waals surface area contributed by atoms with Crippen molar-refractivity contribution in [2.75, 3.05) is 49.8 Å². The van der Waals surface area contributed by atoms with Crippen molar-refractivity contribution in [1.29, 1.82) is 0 Å². The summed E-state index contributed by atoms with van der Waals surface area (Å²) in [6, 6.07) is 11.2. The van der Waals surface area contributed by atoms with E-state index >= 15 is 0 Å². The molecule has 0 radical (unpaired) electrons. The Balaban J connectivity index is 1.44. The molecular weight excluding hydrogens is 585 g/mol. The number of carbonyl (C=O) groups is 1. The van der Waals surface area contributed by atoms with E-state index < -0.39 is 17.6 Å². The van der Waals surface area contributed by atoms with E-state index in [1.54, 1.807) is 32.3 Å². The van der Waals surface area contributed by atoms with E-state index in [1.165, 1.54) is 30.7 Å². The van der Waals surface area contributed by atoms with Gasteiger partial charge in [-0.15, -0.1) is 0 Å². The van der Waals surface area contributed by atoms with E-state index in [2.05, 4.69) is 35.5 Å². The van der Waals surface area contributed by atoms with Crippen LogP contribution in [0.5, 0.6) is 11.6 Å². The summed E-state index contributed by atoms with van der Waals surface area (Å²) in [6.45, 7) is 1.57. The fraction of sp³-hybridized carbons (Fsp3) is 0.276. The number of nitrogens with zero attached hydrogens (tertiary/aromatic N) is 6. The van der Waals surface area contributed by atoms with E-state index in [1.807, 2.05) is 11.9 Å². The van der Waals surface area contributed by atoms with Gasteiger partial charge in [-0.1, -0.05) is 11.6 Å². The summed E-state index contributed by atoms with van der Waals surface area (Å²) in [5, 5.41) is 5.68. The van der Waals surface area contributed by atoms with Crippen molar-refractivity contribution in [2.45, 2.75) is 18.6 Å². The molecule has 2 N–H and O–H groups in total. The minimum absolute atomic E-state index is 0.0368. The van der Waals surface area contributed by atoms with Gasteiger partial charge >= 0.3 is 6.18 Å². The number of likely N-dealkylation sites (tertiary alicyclic amines) is 1. The van der Waals surface area contributed by atoms with Crippen LogP contribution in [0.25, 0.3) is 11.4 Å². The number of amides is 1. The van der Waals surface area contributed by atoms with Gasteiger partial charge in [0.25, 0.3) is 5.91 Å². The third kappa shape index (κ3) is 6.78. The highest BCUT2D eigenvalue weighted by Gasteiger charge is 2.33. The normalized spacial score (nSPS) is 15.3. The molecule has 0 saturated carbocycles. The molecule has 10 nitrogen and oxygen atoms in total. The van der Waals surface area contributed by atoms with Gasteiger partial charge in [0.2, 0.25) is 11.8 Å². The lowest BCUT2D eigenvalue weighted by Gasteiger charge is -2.29. The molecule has 0 unspecified atom stereocenters. The van der Waals surface area contributed by atoms with Gasteiger partial charge in [-0.3, -0.25) is 4.79 Å². The molecule has 0 spiro atoms. The van der Waals surface area contributed by atoms with Crippen LogP contribution in [0.15, 0.2) is 61.1 Å². The number of halogens is 4. The van der Waals surface area contributed by atoms with Gasteiger partial charge in [-0.05, 0) is 62.5 Å². The number of aromatic nitrogens is 4. The summed E-state index contributed by atoms with van der Waals surface area (Å²) in [4.78, 5) is 34.4. The number of ether oxygens (including phenoxy) is 1. The van der Waals surface area contributed by atoms with Crippen molar-refractivity contribution in [3.8, 4) is 23.0 Å². The van der Waals surface area contributed by atoms with Crippen LogP contribution >= 0.6 is 11.6 Å². The first-order valence-corrected chi connectivity index (χ1v) is 13.6. The standard InChI is InChI=1S/C29H28ClF3N8O2/c1-34-28-37-16-36-25(39-28)20-5-4-11-35-27(20)43-19-7-8-22(30)23(14-19)38-26(42)21-13-17(29(31,32)33)6-9-24(21)41(3)18-10-12-40(2)15-18/h4-9,11,13-14,16,18H,10,12,15H2,1-3H3,(H,38,42)(H,34,36,37,39)/t18-/m1/s1. The lowest BCUT2D eigenvalue weighted by atomic mass is 10.0. The fourth-order valence-electron chi connectivity index (χ4n) is 4.78. The van der Waals surface area contributed by atoms with Gasteiger partial charge in [0.15, 0.2) is 5.82 Å². The molecule has 224 valence electrons. The summed E-state index contributed by atoms with van der Waals surface area (Å²) >= 11 is 6.40. The molecule has 5 rings (SSSR count). The molecule has 4 aromatic rings. The molecule has 14 heteroatoms. The van der Waals surface area contributed by atoms with Crippen molar-refractivity contribution < 1.29 is 22.7 Å². The number of rotatable bonds is 8. The molecule has 1 atom stereocenters. The molecule has 3 heterocycles. The average Bonchev–Trinajstić information content (AvgIpc) is 3.44. The zero-order valence-electron chi connectivity index (χ0n) is 23.5.